The summed E-state index contributed by atoms with van der Waals surface area (Å²) in [7, 11) is 5.55. The average molecular weight is 960 g/mol. The number of benzene rings is 3. The second kappa shape index (κ2) is 19.6. The molecule has 4 aromatic heterocycles. The van der Waals surface area contributed by atoms with Crippen molar-refractivity contribution in [2.24, 2.45) is 20.0 Å². The molecule has 1 unspecified atom stereocenters. The number of pyridine rings is 1. The highest BCUT2D eigenvalue weighted by Gasteiger charge is 2.33. The number of imide groups is 1. The van der Waals surface area contributed by atoms with E-state index in [1.54, 1.807) is 18.7 Å². The molecule has 3 amide bonds. The first-order valence-corrected chi connectivity index (χ1v) is 25.5. The number of hydrogen-bond acceptors (Lipinski definition) is 10. The number of imidazole rings is 2. The summed E-state index contributed by atoms with van der Waals surface area (Å²) in [4.78, 5) is 73.9. The van der Waals surface area contributed by atoms with Crippen LogP contribution in [-0.2, 0) is 41.6 Å². The molecule has 7 aromatic rings. The van der Waals surface area contributed by atoms with Gasteiger partial charge in [0.05, 0.1) is 22.1 Å². The molecule has 2 atom stereocenters. The summed E-state index contributed by atoms with van der Waals surface area (Å²) >= 11 is 0. The number of aryl methyl sites for hydroxylation is 2. The van der Waals surface area contributed by atoms with Crippen LogP contribution in [0.1, 0.15) is 96.5 Å². The van der Waals surface area contributed by atoms with Gasteiger partial charge in [-0.05, 0) is 135 Å². The number of nitrogens with one attached hydrogen (secondary N) is 2. The Labute approximate surface area is 413 Å². The standard InChI is InChI=1S/C55H65N11O5/c1-35(48-31-43-42(15-20-56-52(43)60(48)2)41-10-11-44-45(30-41)58-50(57-44)34-71-4)64-23-18-39(19-24-64)38-6-8-40(9-7-38)54(69)65-21-16-36(17-22-65)32-62-25-27-63(28-26-62)33-37-5-12-46-49(29-37)61(3)55(70)66(46)47-13-14-51(67)59-53(47)68/h5-12,15,20,29-31,35-36,39,47H,13-14,16-19,21-28,32-34H2,1-4H3,(H,57,58)(H,59,67,68)/t35-,47?/m0/s1. The summed E-state index contributed by atoms with van der Waals surface area (Å²) in [6.45, 7) is 12.2. The molecule has 8 heterocycles. The van der Waals surface area contributed by atoms with Crippen LogP contribution in [0, 0.1) is 5.92 Å². The lowest BCUT2D eigenvalue weighted by atomic mass is 9.88. The van der Waals surface area contributed by atoms with E-state index in [0.717, 1.165) is 147 Å². The highest BCUT2D eigenvalue weighted by atomic mass is 16.5. The van der Waals surface area contributed by atoms with Gasteiger partial charge in [0.15, 0.2) is 0 Å². The van der Waals surface area contributed by atoms with E-state index in [2.05, 4.69) is 120 Å². The van der Waals surface area contributed by atoms with Gasteiger partial charge in [0.1, 0.15) is 24.1 Å². The van der Waals surface area contributed by atoms with Gasteiger partial charge in [-0.25, -0.2) is 14.8 Å². The molecule has 16 heteroatoms. The van der Waals surface area contributed by atoms with Crippen LogP contribution in [-0.4, -0.2) is 132 Å². The molecular weight excluding hydrogens is 895 g/mol. The number of methoxy groups -OCH3 is 1. The molecule has 0 spiro atoms. The quantitative estimate of drug-likeness (QED) is 0.130. The fourth-order valence-electron chi connectivity index (χ4n) is 12.0. The first-order valence-electron chi connectivity index (χ1n) is 25.5. The molecular formula is C55H65N11O5. The summed E-state index contributed by atoms with van der Waals surface area (Å²) in [5.74, 6) is 1.29. The van der Waals surface area contributed by atoms with E-state index < -0.39 is 11.9 Å². The van der Waals surface area contributed by atoms with E-state index >= 15 is 0 Å². The van der Waals surface area contributed by atoms with Crippen LogP contribution in [0.25, 0.3) is 44.2 Å². The molecule has 0 bridgehead atoms. The molecule has 4 fully saturated rings. The Bertz CT molecular complexity index is 3180. The van der Waals surface area contributed by atoms with Crippen molar-refractivity contribution in [3.05, 3.63) is 118 Å². The van der Waals surface area contributed by atoms with Crippen LogP contribution >= 0.6 is 0 Å². The van der Waals surface area contributed by atoms with Gasteiger partial charge in [0.2, 0.25) is 11.8 Å². The van der Waals surface area contributed by atoms with Gasteiger partial charge in [-0.15, -0.1) is 0 Å². The summed E-state index contributed by atoms with van der Waals surface area (Å²) in [5, 5.41) is 3.53. The third-order valence-corrected chi connectivity index (χ3v) is 16.2. The Morgan fingerprint density at radius 2 is 1.56 bits per heavy atom. The first kappa shape index (κ1) is 46.9. The highest BCUT2D eigenvalue weighted by Crippen LogP contribution is 2.37. The number of piperazine rings is 1. The van der Waals surface area contributed by atoms with E-state index in [1.807, 2.05) is 12.3 Å². The lowest BCUT2D eigenvalue weighted by Gasteiger charge is -2.39. The lowest BCUT2D eigenvalue weighted by Crippen LogP contribution is -2.48. The molecule has 16 nitrogen and oxygen atoms in total. The van der Waals surface area contributed by atoms with E-state index in [-0.39, 0.29) is 30.0 Å². The summed E-state index contributed by atoms with van der Waals surface area (Å²) in [5.41, 5.74) is 11.0. The Morgan fingerprint density at radius 3 is 2.31 bits per heavy atom. The monoisotopic (exact) mass is 960 g/mol. The molecule has 71 heavy (non-hydrogen) atoms. The lowest BCUT2D eigenvalue weighted by molar-refractivity contribution is -0.135. The van der Waals surface area contributed by atoms with Crippen LogP contribution in [0.5, 0.6) is 0 Å². The number of ether oxygens (including phenoxy) is 1. The topological polar surface area (TPSA) is 159 Å². The number of H-pyrrole nitrogens is 1. The average Bonchev–Trinajstić information content (AvgIpc) is 4.04. The number of carbonyl (C=O) groups excluding carboxylic acids is 3. The molecule has 11 rings (SSSR count). The number of fused-ring (bicyclic) bond motifs is 3. The zero-order chi connectivity index (χ0) is 48.9. The first-order chi connectivity index (χ1) is 34.5. The number of piperidine rings is 3. The minimum atomic E-state index is -0.685. The smallest absolute Gasteiger partial charge is 0.329 e. The fourth-order valence-corrected chi connectivity index (χ4v) is 12.0. The van der Waals surface area contributed by atoms with E-state index in [4.69, 9.17) is 9.72 Å². The number of aromatic amines is 1. The van der Waals surface area contributed by atoms with Crippen LogP contribution in [0.3, 0.4) is 0 Å². The van der Waals surface area contributed by atoms with Gasteiger partial charge in [-0.2, -0.15) is 0 Å². The molecule has 0 aliphatic carbocycles. The number of rotatable bonds is 12. The predicted molar refractivity (Wildman–Crippen MR) is 274 cm³/mol. The fraction of sp³-hybridized carbons (Fsp3) is 0.455. The van der Waals surface area contributed by atoms with E-state index in [1.165, 1.54) is 15.8 Å². The van der Waals surface area contributed by atoms with Gasteiger partial charge in [-0.3, -0.25) is 38.6 Å². The number of amides is 3. The van der Waals surface area contributed by atoms with Crippen molar-refractivity contribution in [3.8, 4) is 11.1 Å². The van der Waals surface area contributed by atoms with Crippen molar-refractivity contribution >= 4 is 50.8 Å². The maximum absolute atomic E-state index is 13.7. The van der Waals surface area contributed by atoms with Gasteiger partial charge < -0.3 is 24.1 Å². The van der Waals surface area contributed by atoms with Crippen molar-refractivity contribution in [1.82, 2.24) is 53.6 Å². The van der Waals surface area contributed by atoms with Crippen LogP contribution in [0.2, 0.25) is 0 Å². The number of likely N-dealkylation sites (tertiary alicyclic amines) is 2. The van der Waals surface area contributed by atoms with Crippen molar-refractivity contribution in [2.75, 3.05) is 66.0 Å². The SMILES string of the molecule is COCc1nc2ccc(-c3ccnc4c3cc([C@H](C)N3CCC(c5ccc(C(=O)N6CCC(CN7CCN(Cc8ccc9c(c8)n(C)c(=O)n9C8CCC(=O)NC8=O)CC7)CC6)cc5)CC3)n4C)cc2[nH]1. The Morgan fingerprint density at radius 1 is 0.803 bits per heavy atom. The predicted octanol–water partition coefficient (Wildman–Crippen LogP) is 6.50. The summed E-state index contributed by atoms with van der Waals surface area (Å²) < 4.78 is 10.7. The van der Waals surface area contributed by atoms with Gasteiger partial charge in [0.25, 0.3) is 5.91 Å². The molecule has 2 N–H and O–H groups in total. The maximum Gasteiger partial charge on any atom is 0.329 e. The number of nitrogens with zero attached hydrogens (tertiary/aromatic N) is 9. The normalized spacial score (nSPS) is 19.9. The molecule has 4 saturated heterocycles. The van der Waals surface area contributed by atoms with Crippen molar-refractivity contribution < 1.29 is 19.1 Å². The minimum absolute atomic E-state index is 0.142. The summed E-state index contributed by atoms with van der Waals surface area (Å²) in [6, 6.07) is 24.9. The number of aromatic nitrogens is 6. The third kappa shape index (κ3) is 9.22. The van der Waals surface area contributed by atoms with Crippen LogP contribution in [0.4, 0.5) is 0 Å². The molecule has 0 saturated carbocycles. The largest absolute Gasteiger partial charge is 0.377 e. The van der Waals surface area contributed by atoms with Gasteiger partial charge in [-0.1, -0.05) is 24.3 Å². The minimum Gasteiger partial charge on any atom is -0.377 e. The Balaban J connectivity index is 0.634. The van der Waals surface area contributed by atoms with Crippen LogP contribution in [0.15, 0.2) is 83.8 Å². The second-order valence-electron chi connectivity index (χ2n) is 20.5. The highest BCUT2D eigenvalue weighted by molar-refractivity contribution is 6.00. The van der Waals surface area contributed by atoms with E-state index in [9.17, 15) is 19.2 Å². The molecule has 370 valence electrons. The zero-order valence-corrected chi connectivity index (χ0v) is 41.4. The molecule has 4 aliphatic heterocycles. The molecule has 3 aromatic carbocycles. The Kier molecular flexibility index (Phi) is 13.0. The molecule has 0 radical (unpaired) electrons. The van der Waals surface area contributed by atoms with Crippen molar-refractivity contribution in [3.63, 3.8) is 0 Å². The van der Waals surface area contributed by atoms with Crippen molar-refractivity contribution in [1.29, 1.82) is 0 Å². The zero-order valence-electron chi connectivity index (χ0n) is 41.4. The Hall–Kier alpha value is -6.46. The van der Waals surface area contributed by atoms with Gasteiger partial charge >= 0.3 is 5.69 Å². The summed E-state index contributed by atoms with van der Waals surface area (Å²) in [6.07, 6.45) is 6.65. The van der Waals surface area contributed by atoms with E-state index in [0.29, 0.717) is 30.4 Å². The number of carbonyl (C=O) groups is 3. The van der Waals surface area contributed by atoms with Crippen LogP contribution < -0.4 is 11.0 Å². The van der Waals surface area contributed by atoms with Crippen molar-refractivity contribution in [2.45, 2.75) is 76.6 Å². The van der Waals surface area contributed by atoms with Gasteiger partial charge in [0, 0.05) is 109 Å². The second-order valence-corrected chi connectivity index (χ2v) is 20.5. The molecule has 4 aliphatic rings. The maximum atomic E-state index is 13.7. The number of hydrogen-bond donors (Lipinski definition) is 2. The third-order valence-electron chi connectivity index (χ3n) is 16.2.